The Kier molecular flexibility index (Phi) is 3.62. The summed E-state index contributed by atoms with van der Waals surface area (Å²) in [5.41, 5.74) is 2.83. The molecule has 5 nitrogen and oxygen atoms in total. The highest BCUT2D eigenvalue weighted by molar-refractivity contribution is 7.92. The number of sulfone groups is 1. The summed E-state index contributed by atoms with van der Waals surface area (Å²) in [4.78, 5) is 7.19. The second-order valence-corrected chi connectivity index (χ2v) is 9.68. The van der Waals surface area contributed by atoms with E-state index in [-0.39, 0.29) is 11.2 Å². The first-order valence-corrected chi connectivity index (χ1v) is 10.8. The van der Waals surface area contributed by atoms with E-state index in [0.29, 0.717) is 23.4 Å². The Morgan fingerprint density at radius 1 is 1.19 bits per heavy atom. The zero-order valence-electron chi connectivity index (χ0n) is 14.8. The van der Waals surface area contributed by atoms with Crippen molar-refractivity contribution in [2.75, 3.05) is 20.2 Å². The minimum absolute atomic E-state index is 0.0817. The highest BCUT2D eigenvalue weighted by Gasteiger charge is 2.51. The van der Waals surface area contributed by atoms with Crippen LogP contribution in [0, 0.1) is 0 Å². The van der Waals surface area contributed by atoms with E-state index in [9.17, 15) is 8.42 Å². The van der Waals surface area contributed by atoms with Crippen molar-refractivity contribution in [3.63, 3.8) is 0 Å². The van der Waals surface area contributed by atoms with Gasteiger partial charge in [0, 0.05) is 36.8 Å². The minimum Gasteiger partial charge on any atom is -0.481 e. The van der Waals surface area contributed by atoms with Crippen molar-refractivity contribution in [1.29, 1.82) is 0 Å². The molecule has 26 heavy (non-hydrogen) atoms. The summed E-state index contributed by atoms with van der Waals surface area (Å²) in [5.74, 6) is 0.644. The minimum atomic E-state index is -3.24. The number of likely N-dealkylation sites (tertiary alicyclic amines) is 1. The van der Waals surface area contributed by atoms with Crippen molar-refractivity contribution < 1.29 is 13.2 Å². The van der Waals surface area contributed by atoms with Crippen molar-refractivity contribution in [2.24, 2.45) is 0 Å². The fourth-order valence-electron chi connectivity index (χ4n) is 4.67. The third-order valence-electron chi connectivity index (χ3n) is 6.28. The Morgan fingerprint density at radius 3 is 2.77 bits per heavy atom. The first-order chi connectivity index (χ1) is 12.6. The molecule has 0 spiro atoms. The number of nitrogens with zero attached hydrogens (tertiary/aromatic N) is 2. The molecular weight excluding hydrogens is 348 g/mol. The van der Waals surface area contributed by atoms with E-state index >= 15 is 0 Å². The van der Waals surface area contributed by atoms with E-state index in [1.54, 1.807) is 19.4 Å². The van der Waals surface area contributed by atoms with E-state index in [2.05, 4.69) is 9.88 Å². The molecule has 1 aliphatic carbocycles. The number of fused-ring (bicyclic) bond motifs is 3. The van der Waals surface area contributed by atoms with Crippen molar-refractivity contribution in [2.45, 2.75) is 41.4 Å². The number of aromatic nitrogens is 1. The van der Waals surface area contributed by atoms with E-state index in [4.69, 9.17) is 4.74 Å². The van der Waals surface area contributed by atoms with E-state index < -0.39 is 9.84 Å². The van der Waals surface area contributed by atoms with Gasteiger partial charge in [0.25, 0.3) is 0 Å². The Labute approximate surface area is 153 Å². The number of hydrogen-bond acceptors (Lipinski definition) is 5. The van der Waals surface area contributed by atoms with E-state index in [1.807, 2.05) is 24.3 Å². The number of methoxy groups -OCH3 is 1. The molecule has 2 fully saturated rings. The van der Waals surface area contributed by atoms with Crippen LogP contribution in [0.4, 0.5) is 0 Å². The molecule has 3 aliphatic rings. The maximum atomic E-state index is 13.0. The lowest BCUT2D eigenvalue weighted by atomic mass is 9.91. The van der Waals surface area contributed by atoms with E-state index in [0.717, 1.165) is 23.2 Å². The molecule has 1 saturated heterocycles. The Morgan fingerprint density at radius 2 is 2.04 bits per heavy atom. The van der Waals surface area contributed by atoms with Gasteiger partial charge in [-0.25, -0.2) is 13.4 Å². The molecule has 6 heteroatoms. The Bertz CT molecular complexity index is 969. The van der Waals surface area contributed by atoms with E-state index in [1.165, 1.54) is 19.3 Å². The highest BCUT2D eigenvalue weighted by atomic mass is 32.2. The van der Waals surface area contributed by atoms with Crippen LogP contribution in [0.2, 0.25) is 0 Å². The highest BCUT2D eigenvalue weighted by Crippen LogP contribution is 2.48. The molecule has 5 rings (SSSR count). The summed E-state index contributed by atoms with van der Waals surface area (Å²) < 4.78 is 31.5. The molecule has 1 saturated carbocycles. The molecule has 3 heterocycles. The monoisotopic (exact) mass is 370 g/mol. The van der Waals surface area contributed by atoms with Gasteiger partial charge in [0.15, 0.2) is 9.84 Å². The number of benzene rings is 1. The van der Waals surface area contributed by atoms with Gasteiger partial charge in [-0.1, -0.05) is 12.5 Å². The topological polar surface area (TPSA) is 59.5 Å². The lowest BCUT2D eigenvalue weighted by molar-refractivity contribution is 0.157. The van der Waals surface area contributed by atoms with Gasteiger partial charge in [0.1, 0.15) is 0 Å². The van der Waals surface area contributed by atoms with Crippen molar-refractivity contribution in [1.82, 2.24) is 9.88 Å². The zero-order chi connectivity index (χ0) is 17.9. The van der Waals surface area contributed by atoms with Gasteiger partial charge in [0.2, 0.25) is 5.88 Å². The van der Waals surface area contributed by atoms with Crippen LogP contribution in [-0.2, 0) is 9.84 Å². The normalized spacial score (nSPS) is 27.0. The smallest absolute Gasteiger partial charge is 0.221 e. The predicted octanol–water partition coefficient (Wildman–Crippen LogP) is 2.86. The molecule has 136 valence electrons. The quantitative estimate of drug-likeness (QED) is 0.831. The first-order valence-electron chi connectivity index (χ1n) is 9.21. The summed E-state index contributed by atoms with van der Waals surface area (Å²) in [5, 5.41) is -0.288. The van der Waals surface area contributed by atoms with Gasteiger partial charge in [-0.05, 0) is 48.2 Å². The SMILES string of the molecule is COc1ncccc1-c1ccc2c(c1)C1CN(C3CCC3)CC1S2(=O)=O. The van der Waals surface area contributed by atoms with Crippen LogP contribution in [-0.4, -0.2) is 49.8 Å². The molecule has 0 radical (unpaired) electrons. The summed E-state index contributed by atoms with van der Waals surface area (Å²) in [6.07, 6.45) is 5.38. The predicted molar refractivity (Wildman–Crippen MR) is 99.2 cm³/mol. The molecule has 0 amide bonds. The first kappa shape index (κ1) is 16.3. The number of rotatable bonds is 3. The summed E-state index contributed by atoms with van der Waals surface area (Å²) in [6.45, 7) is 1.53. The van der Waals surface area contributed by atoms with Crippen molar-refractivity contribution >= 4 is 9.84 Å². The van der Waals surface area contributed by atoms with Crippen LogP contribution in [0.3, 0.4) is 0 Å². The van der Waals surface area contributed by atoms with Crippen LogP contribution in [0.5, 0.6) is 5.88 Å². The number of hydrogen-bond donors (Lipinski definition) is 0. The lowest BCUT2D eigenvalue weighted by Gasteiger charge is -2.35. The molecule has 2 aromatic rings. The van der Waals surface area contributed by atoms with Gasteiger partial charge in [-0.2, -0.15) is 0 Å². The largest absolute Gasteiger partial charge is 0.481 e. The zero-order valence-corrected chi connectivity index (χ0v) is 15.6. The van der Waals surface area contributed by atoms with Gasteiger partial charge < -0.3 is 4.74 Å². The lowest BCUT2D eigenvalue weighted by Crippen LogP contribution is -2.39. The Balaban J connectivity index is 1.57. The standard InChI is InChI=1S/C20H22N2O3S/c1-25-20-15(6-3-9-21-20)13-7-8-18-16(10-13)17-11-22(14-4-2-5-14)12-19(17)26(18,23)24/h3,6-10,14,17,19H,2,4-5,11-12H2,1H3. The summed E-state index contributed by atoms with van der Waals surface area (Å²) in [6, 6.07) is 10.1. The summed E-state index contributed by atoms with van der Waals surface area (Å²) in [7, 11) is -1.63. The third-order valence-corrected chi connectivity index (χ3v) is 8.53. The van der Waals surface area contributed by atoms with Gasteiger partial charge in [-0.3, -0.25) is 4.90 Å². The third kappa shape index (κ3) is 2.25. The van der Waals surface area contributed by atoms with Crippen LogP contribution in [0.1, 0.15) is 30.7 Å². The molecule has 0 N–H and O–H groups in total. The van der Waals surface area contributed by atoms with Gasteiger partial charge in [-0.15, -0.1) is 0 Å². The summed E-state index contributed by atoms with van der Waals surface area (Å²) >= 11 is 0. The Hall–Kier alpha value is -1.92. The fraction of sp³-hybridized carbons (Fsp3) is 0.450. The number of ether oxygens (including phenoxy) is 1. The van der Waals surface area contributed by atoms with Crippen LogP contribution < -0.4 is 4.74 Å². The molecular formula is C20H22N2O3S. The maximum Gasteiger partial charge on any atom is 0.221 e. The van der Waals surface area contributed by atoms with Crippen molar-refractivity contribution in [3.05, 3.63) is 42.1 Å². The second kappa shape index (κ2) is 5.79. The average molecular weight is 370 g/mol. The second-order valence-electron chi connectivity index (χ2n) is 7.54. The average Bonchev–Trinajstić information content (AvgIpc) is 3.12. The van der Waals surface area contributed by atoms with Crippen LogP contribution >= 0.6 is 0 Å². The molecule has 1 aromatic carbocycles. The van der Waals surface area contributed by atoms with Crippen molar-refractivity contribution in [3.8, 4) is 17.0 Å². The van der Waals surface area contributed by atoms with Gasteiger partial charge in [0.05, 0.1) is 17.3 Å². The van der Waals surface area contributed by atoms with Crippen LogP contribution in [0.15, 0.2) is 41.4 Å². The molecule has 1 aromatic heterocycles. The molecule has 2 aliphatic heterocycles. The fourth-order valence-corrected chi connectivity index (χ4v) is 6.84. The molecule has 0 bridgehead atoms. The maximum absolute atomic E-state index is 13.0. The molecule has 2 unspecified atom stereocenters. The number of pyridine rings is 1. The van der Waals surface area contributed by atoms with Crippen LogP contribution in [0.25, 0.3) is 11.1 Å². The molecule has 2 atom stereocenters. The van der Waals surface area contributed by atoms with Gasteiger partial charge >= 0.3 is 0 Å².